The Kier molecular flexibility index (Phi) is 66.3. The molecule has 0 radical (unpaired) electrons. The van der Waals surface area contributed by atoms with Gasteiger partial charge in [-0.1, -0.05) is 323 Å². The number of allylic oxidation sites excluding steroid dienone is 4. The Labute approximate surface area is 592 Å². The van der Waals surface area contributed by atoms with Crippen LogP contribution in [-0.4, -0.2) is 96.7 Å². The molecule has 97 heavy (non-hydrogen) atoms. The van der Waals surface area contributed by atoms with Gasteiger partial charge in [-0.05, 0) is 69.1 Å². The number of aliphatic hydroxyl groups is 1. The van der Waals surface area contributed by atoms with Crippen molar-refractivity contribution in [3.63, 3.8) is 0 Å². The number of carbonyl (C=O) groups excluding carboxylic acids is 4. The van der Waals surface area contributed by atoms with Crippen LogP contribution in [0.15, 0.2) is 24.3 Å². The van der Waals surface area contributed by atoms with Crippen LogP contribution in [0.1, 0.15) is 376 Å². The summed E-state index contributed by atoms with van der Waals surface area (Å²) < 4.78 is 68.5. The molecule has 0 aromatic carbocycles. The Morgan fingerprint density at radius 3 is 0.918 bits per heavy atom. The van der Waals surface area contributed by atoms with E-state index in [1.54, 1.807) is 0 Å². The Balaban J connectivity index is 5.19. The predicted octanol–water partition coefficient (Wildman–Crippen LogP) is 22.5. The first-order valence-electron chi connectivity index (χ1n) is 39.7. The average Bonchev–Trinajstić information content (AvgIpc) is 3.79. The molecule has 0 aromatic rings. The molecule has 0 saturated heterocycles. The molecule has 0 amide bonds. The summed E-state index contributed by atoms with van der Waals surface area (Å²) in [5.74, 6) is 0.120. The minimum atomic E-state index is -4.96. The monoisotopic (exact) mass is 1420 g/mol. The fourth-order valence-electron chi connectivity index (χ4n) is 11.4. The second-order valence-corrected chi connectivity index (χ2v) is 31.5. The van der Waals surface area contributed by atoms with Gasteiger partial charge in [0, 0.05) is 25.7 Å². The zero-order valence-electron chi connectivity index (χ0n) is 63.0. The fourth-order valence-corrected chi connectivity index (χ4v) is 13.0. The van der Waals surface area contributed by atoms with Crippen LogP contribution < -0.4 is 0 Å². The van der Waals surface area contributed by atoms with E-state index in [0.29, 0.717) is 31.6 Å². The van der Waals surface area contributed by atoms with E-state index in [1.165, 1.54) is 161 Å². The minimum absolute atomic E-state index is 0.0841. The van der Waals surface area contributed by atoms with Gasteiger partial charge >= 0.3 is 39.5 Å². The number of phosphoric acid groups is 2. The van der Waals surface area contributed by atoms with E-state index in [4.69, 9.17) is 37.0 Å². The zero-order chi connectivity index (χ0) is 71.6. The molecule has 17 nitrogen and oxygen atoms in total. The number of phosphoric ester groups is 2. The Morgan fingerprint density at radius 1 is 0.340 bits per heavy atom. The van der Waals surface area contributed by atoms with Gasteiger partial charge in [-0.2, -0.15) is 0 Å². The third-order valence-corrected chi connectivity index (χ3v) is 19.8. The standard InChI is InChI=1S/C78H148O17P2/c1-8-10-11-12-13-14-15-16-21-25-28-31-38-47-54-61-77(82)94-73(65-88-75(80)59-52-45-37-34-33-35-42-49-56-69(3)4)67-92-96(84,85)90-63-72(79)64-91-97(86,87)93-68-74(66-89-76(81)60-53-46-41-40-43-50-57-70(5)6)95-78(83)62-55-48-39-32-29-26-23-20-18-17-19-22-24-27-30-36-44-51-58-71(7)9-2/h14-16,21,69-74,79H,8-13,17-20,22-68H2,1-7H3,(H,84,85)(H,86,87)/b15-14-,21-16-/t71?,72-,73-,74-/m1/s1. The molecule has 6 atom stereocenters. The lowest BCUT2D eigenvalue weighted by atomic mass is 9.99. The second-order valence-electron chi connectivity index (χ2n) is 28.6. The lowest BCUT2D eigenvalue weighted by molar-refractivity contribution is -0.161. The summed E-state index contributed by atoms with van der Waals surface area (Å²) >= 11 is 0. The summed E-state index contributed by atoms with van der Waals surface area (Å²) in [6.45, 7) is 11.8. The largest absolute Gasteiger partial charge is 0.472 e. The van der Waals surface area contributed by atoms with Crippen LogP contribution in [-0.2, 0) is 65.4 Å². The van der Waals surface area contributed by atoms with Crippen molar-refractivity contribution in [2.75, 3.05) is 39.6 Å². The highest BCUT2D eigenvalue weighted by Gasteiger charge is 2.30. The zero-order valence-corrected chi connectivity index (χ0v) is 64.8. The first-order valence-corrected chi connectivity index (χ1v) is 42.7. The van der Waals surface area contributed by atoms with Crippen molar-refractivity contribution in [1.82, 2.24) is 0 Å². The molecule has 0 aliphatic rings. The third kappa shape index (κ3) is 70.4. The van der Waals surface area contributed by atoms with E-state index in [2.05, 4.69) is 72.8 Å². The molecule has 0 rings (SSSR count). The summed E-state index contributed by atoms with van der Waals surface area (Å²) in [6.07, 6.45) is 58.0. The number of aliphatic hydroxyl groups excluding tert-OH is 1. The molecule has 0 saturated carbocycles. The van der Waals surface area contributed by atoms with E-state index in [9.17, 15) is 43.2 Å². The maximum atomic E-state index is 13.1. The molecule has 0 fully saturated rings. The molecule has 0 heterocycles. The highest BCUT2D eigenvalue weighted by atomic mass is 31.2. The summed E-state index contributed by atoms with van der Waals surface area (Å²) in [6, 6.07) is 0. The summed E-state index contributed by atoms with van der Waals surface area (Å²) in [7, 11) is -9.93. The summed E-state index contributed by atoms with van der Waals surface area (Å²) in [5.41, 5.74) is 0. The number of ether oxygens (including phenoxy) is 4. The maximum absolute atomic E-state index is 13.1. The Morgan fingerprint density at radius 2 is 0.608 bits per heavy atom. The lowest BCUT2D eigenvalue weighted by Crippen LogP contribution is -2.30. The Bertz CT molecular complexity index is 1980. The number of hydrogen-bond donors (Lipinski definition) is 3. The predicted molar refractivity (Wildman–Crippen MR) is 395 cm³/mol. The number of hydrogen-bond acceptors (Lipinski definition) is 15. The molecule has 572 valence electrons. The summed E-state index contributed by atoms with van der Waals surface area (Å²) in [5, 5.41) is 10.6. The van der Waals surface area contributed by atoms with Crippen molar-refractivity contribution in [1.29, 1.82) is 0 Å². The number of rotatable bonds is 74. The fraction of sp³-hybridized carbons (Fsp3) is 0.897. The van der Waals surface area contributed by atoms with Gasteiger partial charge in [0.15, 0.2) is 12.2 Å². The van der Waals surface area contributed by atoms with Crippen molar-refractivity contribution < 1.29 is 80.2 Å². The second kappa shape index (κ2) is 68.0. The lowest BCUT2D eigenvalue weighted by Gasteiger charge is -2.21. The maximum Gasteiger partial charge on any atom is 0.472 e. The van der Waals surface area contributed by atoms with Crippen LogP contribution in [0.5, 0.6) is 0 Å². The first kappa shape index (κ1) is 94.5. The normalized spacial score (nSPS) is 14.5. The minimum Gasteiger partial charge on any atom is -0.462 e. The van der Waals surface area contributed by atoms with Gasteiger partial charge in [-0.15, -0.1) is 0 Å². The molecular formula is C78H148O17P2. The van der Waals surface area contributed by atoms with Gasteiger partial charge in [0.2, 0.25) is 0 Å². The van der Waals surface area contributed by atoms with Crippen LogP contribution in [0.3, 0.4) is 0 Å². The van der Waals surface area contributed by atoms with Gasteiger partial charge in [-0.25, -0.2) is 9.13 Å². The van der Waals surface area contributed by atoms with Crippen molar-refractivity contribution >= 4 is 39.5 Å². The molecule has 0 bridgehead atoms. The highest BCUT2D eigenvalue weighted by molar-refractivity contribution is 7.47. The molecule has 0 spiro atoms. The molecule has 19 heteroatoms. The van der Waals surface area contributed by atoms with E-state index in [0.717, 1.165) is 127 Å². The molecular weight excluding hydrogens is 1270 g/mol. The van der Waals surface area contributed by atoms with Gasteiger partial charge < -0.3 is 33.8 Å². The van der Waals surface area contributed by atoms with Gasteiger partial charge in [0.1, 0.15) is 19.3 Å². The Hall–Kier alpha value is -2.46. The third-order valence-electron chi connectivity index (χ3n) is 17.9. The molecule has 0 aliphatic carbocycles. The van der Waals surface area contributed by atoms with Crippen LogP contribution in [0.25, 0.3) is 0 Å². The number of esters is 4. The van der Waals surface area contributed by atoms with Crippen LogP contribution >= 0.6 is 15.6 Å². The summed E-state index contributed by atoms with van der Waals surface area (Å²) in [4.78, 5) is 72.8. The van der Waals surface area contributed by atoms with Crippen molar-refractivity contribution in [2.24, 2.45) is 17.8 Å². The highest BCUT2D eigenvalue weighted by Crippen LogP contribution is 2.45. The molecule has 0 aliphatic heterocycles. The number of unbranched alkanes of at least 4 members (excludes halogenated alkanes) is 38. The van der Waals surface area contributed by atoms with Gasteiger partial charge in [-0.3, -0.25) is 37.3 Å². The van der Waals surface area contributed by atoms with Crippen LogP contribution in [0.2, 0.25) is 0 Å². The van der Waals surface area contributed by atoms with Gasteiger partial charge in [0.25, 0.3) is 0 Å². The number of carbonyl (C=O) groups is 4. The van der Waals surface area contributed by atoms with E-state index < -0.39 is 97.5 Å². The quantitative estimate of drug-likeness (QED) is 0.0169. The van der Waals surface area contributed by atoms with E-state index in [-0.39, 0.29) is 25.7 Å². The first-order chi connectivity index (χ1) is 46.8. The van der Waals surface area contributed by atoms with Gasteiger partial charge in [0.05, 0.1) is 26.4 Å². The smallest absolute Gasteiger partial charge is 0.462 e. The van der Waals surface area contributed by atoms with Crippen molar-refractivity contribution in [3.05, 3.63) is 24.3 Å². The SMILES string of the molecule is CCCCCC/C=C\C=C/CCCCCCCC(=O)O[C@H](COC(=O)CCCCCCCCCCC(C)C)COP(=O)(O)OC[C@@H](O)COP(=O)(O)OC[C@@H](COC(=O)CCCCCCCCC(C)C)OC(=O)CCCCCCCCCCCCCCCCCCCCC(C)CC. The molecule has 3 unspecified atom stereocenters. The molecule has 0 aromatic heterocycles. The van der Waals surface area contributed by atoms with Crippen LogP contribution in [0.4, 0.5) is 0 Å². The van der Waals surface area contributed by atoms with Crippen molar-refractivity contribution in [3.8, 4) is 0 Å². The van der Waals surface area contributed by atoms with E-state index in [1.807, 2.05) is 0 Å². The molecule has 3 N–H and O–H groups in total. The average molecular weight is 1420 g/mol. The van der Waals surface area contributed by atoms with Crippen LogP contribution in [0, 0.1) is 17.8 Å². The van der Waals surface area contributed by atoms with E-state index >= 15 is 0 Å². The topological polar surface area (TPSA) is 237 Å². The van der Waals surface area contributed by atoms with Crippen molar-refractivity contribution in [2.45, 2.75) is 394 Å².